The minimum Gasteiger partial charge on any atom is -0.481 e. The summed E-state index contributed by atoms with van der Waals surface area (Å²) in [5.74, 6) is -0.936. The van der Waals surface area contributed by atoms with Gasteiger partial charge in [0.15, 0.2) is 0 Å². The van der Waals surface area contributed by atoms with Crippen molar-refractivity contribution in [3.8, 4) is 0 Å². The molecular formula is C15H22N2O5S. The molecule has 1 heterocycles. The van der Waals surface area contributed by atoms with E-state index in [9.17, 15) is 13.2 Å². The van der Waals surface area contributed by atoms with Gasteiger partial charge in [-0.2, -0.15) is 17.4 Å². The van der Waals surface area contributed by atoms with Crippen LogP contribution in [0.25, 0.3) is 0 Å². The van der Waals surface area contributed by atoms with Crippen molar-refractivity contribution < 1.29 is 23.1 Å². The molecule has 1 aromatic rings. The monoisotopic (exact) mass is 342 g/mol. The molecule has 1 atom stereocenters. The number of benzene rings is 1. The topological polar surface area (TPSA) is 95.9 Å². The fourth-order valence-electron chi connectivity index (χ4n) is 2.47. The molecule has 7 nitrogen and oxygen atoms in total. The van der Waals surface area contributed by atoms with Crippen molar-refractivity contribution in [3.63, 3.8) is 0 Å². The summed E-state index contributed by atoms with van der Waals surface area (Å²) >= 11 is 0. The third-order valence-electron chi connectivity index (χ3n) is 3.66. The largest absolute Gasteiger partial charge is 0.481 e. The van der Waals surface area contributed by atoms with E-state index in [-0.39, 0.29) is 12.8 Å². The minimum atomic E-state index is -3.64. The molecule has 1 aliphatic heterocycles. The maximum Gasteiger partial charge on any atom is 0.303 e. The van der Waals surface area contributed by atoms with Crippen LogP contribution >= 0.6 is 0 Å². The van der Waals surface area contributed by atoms with Gasteiger partial charge in [-0.1, -0.05) is 30.3 Å². The standard InChI is InChI=1S/C15H22N2O5S/c18-15(19)7-6-14(12-13-4-2-1-3-5-13)16-23(20,21)17-8-10-22-11-9-17/h1-5,14,16H,6-12H2,(H,18,19). The van der Waals surface area contributed by atoms with E-state index in [1.807, 2.05) is 30.3 Å². The summed E-state index contributed by atoms with van der Waals surface area (Å²) in [6.07, 6.45) is 0.620. The number of nitrogens with one attached hydrogen (secondary N) is 1. The molecule has 0 bridgehead atoms. The molecule has 1 fully saturated rings. The second-order valence-corrected chi connectivity index (χ2v) is 7.16. The van der Waals surface area contributed by atoms with E-state index in [2.05, 4.69) is 4.72 Å². The summed E-state index contributed by atoms with van der Waals surface area (Å²) in [7, 11) is -3.64. The molecule has 1 aliphatic rings. The summed E-state index contributed by atoms with van der Waals surface area (Å²) in [5, 5.41) is 8.87. The average Bonchev–Trinajstić information content (AvgIpc) is 2.54. The molecule has 1 unspecified atom stereocenters. The van der Waals surface area contributed by atoms with Crippen molar-refractivity contribution in [3.05, 3.63) is 35.9 Å². The summed E-state index contributed by atoms with van der Waals surface area (Å²) in [6.45, 7) is 1.37. The van der Waals surface area contributed by atoms with Gasteiger partial charge in [0.2, 0.25) is 0 Å². The van der Waals surface area contributed by atoms with Gasteiger partial charge in [0.05, 0.1) is 13.2 Å². The Morgan fingerprint density at radius 1 is 1.26 bits per heavy atom. The number of ether oxygens (including phenoxy) is 1. The quantitative estimate of drug-likeness (QED) is 0.722. The van der Waals surface area contributed by atoms with Crippen LogP contribution in [0.3, 0.4) is 0 Å². The third-order valence-corrected chi connectivity index (χ3v) is 5.33. The zero-order valence-corrected chi connectivity index (χ0v) is 13.7. The highest BCUT2D eigenvalue weighted by Gasteiger charge is 2.27. The smallest absolute Gasteiger partial charge is 0.303 e. The molecule has 1 saturated heterocycles. The number of hydrogen-bond acceptors (Lipinski definition) is 4. The molecule has 0 saturated carbocycles. The van der Waals surface area contributed by atoms with Crippen LogP contribution in [0.2, 0.25) is 0 Å². The first-order valence-corrected chi connectivity index (χ1v) is 9.02. The van der Waals surface area contributed by atoms with Crippen LogP contribution in [0.4, 0.5) is 0 Å². The van der Waals surface area contributed by atoms with Crippen molar-refractivity contribution in [2.45, 2.75) is 25.3 Å². The number of rotatable bonds is 8. The molecule has 1 aromatic carbocycles. The van der Waals surface area contributed by atoms with Crippen molar-refractivity contribution in [2.24, 2.45) is 0 Å². The second-order valence-electron chi connectivity index (χ2n) is 5.45. The van der Waals surface area contributed by atoms with Crippen LogP contribution in [0.5, 0.6) is 0 Å². The van der Waals surface area contributed by atoms with E-state index >= 15 is 0 Å². The van der Waals surface area contributed by atoms with Crippen LogP contribution < -0.4 is 4.72 Å². The van der Waals surface area contributed by atoms with Crippen molar-refractivity contribution >= 4 is 16.2 Å². The van der Waals surface area contributed by atoms with Gasteiger partial charge < -0.3 is 9.84 Å². The lowest BCUT2D eigenvalue weighted by Crippen LogP contribution is -2.50. The maximum absolute atomic E-state index is 12.4. The molecule has 0 aliphatic carbocycles. The molecule has 128 valence electrons. The Hall–Kier alpha value is -1.48. The molecule has 0 spiro atoms. The highest BCUT2D eigenvalue weighted by Crippen LogP contribution is 2.11. The predicted molar refractivity (Wildman–Crippen MR) is 85.3 cm³/mol. The molecule has 8 heteroatoms. The summed E-state index contributed by atoms with van der Waals surface area (Å²) in [4.78, 5) is 10.8. The van der Waals surface area contributed by atoms with Gasteiger partial charge in [-0.15, -0.1) is 0 Å². The van der Waals surface area contributed by atoms with Gasteiger partial charge in [0, 0.05) is 25.6 Å². The third kappa shape index (κ3) is 5.91. The first kappa shape index (κ1) is 17.9. The molecule has 0 aromatic heterocycles. The van der Waals surface area contributed by atoms with E-state index in [0.29, 0.717) is 32.7 Å². The molecular weight excluding hydrogens is 320 g/mol. The Labute approximate surface area is 136 Å². The van der Waals surface area contributed by atoms with Gasteiger partial charge in [-0.3, -0.25) is 4.79 Å². The zero-order chi connectivity index (χ0) is 16.7. The first-order valence-electron chi connectivity index (χ1n) is 7.58. The van der Waals surface area contributed by atoms with Crippen LogP contribution in [0, 0.1) is 0 Å². The number of nitrogens with zero attached hydrogens (tertiary/aromatic N) is 1. The van der Waals surface area contributed by atoms with Gasteiger partial charge in [0.25, 0.3) is 10.2 Å². The number of carbonyl (C=O) groups is 1. The molecule has 0 amide bonds. The Kier molecular flexibility index (Phi) is 6.52. The van der Waals surface area contributed by atoms with Gasteiger partial charge in [-0.25, -0.2) is 0 Å². The zero-order valence-electron chi connectivity index (χ0n) is 12.8. The fraction of sp³-hybridized carbons (Fsp3) is 0.533. The number of hydrogen-bond donors (Lipinski definition) is 2. The lowest BCUT2D eigenvalue weighted by Gasteiger charge is -2.28. The molecule has 23 heavy (non-hydrogen) atoms. The highest BCUT2D eigenvalue weighted by molar-refractivity contribution is 7.87. The van der Waals surface area contributed by atoms with Gasteiger partial charge in [0.1, 0.15) is 0 Å². The summed E-state index contributed by atoms with van der Waals surface area (Å²) in [5.41, 5.74) is 0.965. The SMILES string of the molecule is O=C(O)CCC(Cc1ccccc1)NS(=O)(=O)N1CCOCC1. The van der Waals surface area contributed by atoms with E-state index in [1.165, 1.54) is 4.31 Å². The van der Waals surface area contributed by atoms with E-state index in [4.69, 9.17) is 9.84 Å². The van der Waals surface area contributed by atoms with Crippen LogP contribution in [0.15, 0.2) is 30.3 Å². The summed E-state index contributed by atoms with van der Waals surface area (Å²) < 4.78 is 34.0. The predicted octanol–water partition coefficient (Wildman–Crippen LogP) is 0.629. The Balaban J connectivity index is 2.04. The van der Waals surface area contributed by atoms with Crippen molar-refractivity contribution in [1.82, 2.24) is 9.03 Å². The number of carboxylic acids is 1. The van der Waals surface area contributed by atoms with E-state index in [0.717, 1.165) is 5.56 Å². The van der Waals surface area contributed by atoms with E-state index in [1.54, 1.807) is 0 Å². The normalized spacial score (nSPS) is 17.7. The van der Waals surface area contributed by atoms with Crippen LogP contribution in [-0.4, -0.2) is 56.1 Å². The maximum atomic E-state index is 12.4. The number of carboxylic acid groups (broad SMARTS) is 1. The van der Waals surface area contributed by atoms with Crippen LogP contribution in [0.1, 0.15) is 18.4 Å². The first-order chi connectivity index (χ1) is 11.0. The molecule has 2 N–H and O–H groups in total. The molecule has 2 rings (SSSR count). The molecule has 0 radical (unpaired) electrons. The lowest BCUT2D eigenvalue weighted by molar-refractivity contribution is -0.137. The highest BCUT2D eigenvalue weighted by atomic mass is 32.2. The number of aliphatic carboxylic acids is 1. The van der Waals surface area contributed by atoms with Gasteiger partial charge in [-0.05, 0) is 18.4 Å². The van der Waals surface area contributed by atoms with E-state index < -0.39 is 22.2 Å². The average molecular weight is 342 g/mol. The Bertz CT molecular complexity index is 600. The summed E-state index contributed by atoms with van der Waals surface area (Å²) in [6, 6.07) is 8.97. The minimum absolute atomic E-state index is 0.0802. The van der Waals surface area contributed by atoms with Crippen molar-refractivity contribution in [1.29, 1.82) is 0 Å². The lowest BCUT2D eigenvalue weighted by atomic mass is 10.0. The van der Waals surface area contributed by atoms with Crippen LogP contribution in [-0.2, 0) is 26.2 Å². The fourth-order valence-corrected chi connectivity index (χ4v) is 3.87. The second kappa shape index (κ2) is 8.39. The number of morpholine rings is 1. The van der Waals surface area contributed by atoms with Crippen molar-refractivity contribution in [2.75, 3.05) is 26.3 Å². The van der Waals surface area contributed by atoms with Gasteiger partial charge >= 0.3 is 5.97 Å². The Morgan fingerprint density at radius 3 is 2.52 bits per heavy atom. The Morgan fingerprint density at radius 2 is 1.91 bits per heavy atom.